The second-order valence-corrected chi connectivity index (χ2v) is 3.08. The van der Waals surface area contributed by atoms with Crippen LogP contribution in [0, 0.1) is 14.9 Å². The molecule has 0 fully saturated rings. The van der Waals surface area contributed by atoms with Crippen molar-refractivity contribution in [3.63, 3.8) is 0 Å². The van der Waals surface area contributed by atoms with Crippen LogP contribution in [0.2, 0.25) is 0 Å². The number of hydrogen-bond donors (Lipinski definition) is 0. The zero-order chi connectivity index (χ0) is 9.14. The van der Waals surface area contributed by atoms with Gasteiger partial charge in [-0.05, 0) is 22.6 Å². The van der Waals surface area contributed by atoms with E-state index in [0.717, 1.165) is 6.20 Å². The maximum absolute atomic E-state index is 12.2. The van der Waals surface area contributed by atoms with E-state index in [1.807, 2.05) is 0 Å². The van der Waals surface area contributed by atoms with Crippen molar-refractivity contribution in [1.29, 1.82) is 5.26 Å². The van der Waals surface area contributed by atoms with E-state index >= 15 is 0 Å². The van der Waals surface area contributed by atoms with Crippen LogP contribution in [0.4, 0.5) is 8.78 Å². The maximum Gasteiger partial charge on any atom is 0.266 e. The summed E-state index contributed by atoms with van der Waals surface area (Å²) in [5, 5.41) is 8.48. The summed E-state index contributed by atoms with van der Waals surface area (Å²) in [5.41, 5.74) is 0.00282. The molecule has 1 heterocycles. The highest BCUT2D eigenvalue weighted by molar-refractivity contribution is 14.1. The fourth-order valence-corrected chi connectivity index (χ4v) is 1.33. The number of rotatable bonds is 1. The van der Waals surface area contributed by atoms with Crippen molar-refractivity contribution in [2.75, 3.05) is 0 Å². The predicted octanol–water partition coefficient (Wildman–Crippen LogP) is 2.50. The maximum atomic E-state index is 12.2. The molecule has 0 aliphatic heterocycles. The van der Waals surface area contributed by atoms with E-state index in [9.17, 15) is 8.78 Å². The van der Waals surface area contributed by atoms with E-state index < -0.39 is 6.43 Å². The van der Waals surface area contributed by atoms with Crippen LogP contribution in [0.15, 0.2) is 12.4 Å². The Morgan fingerprint density at radius 3 is 2.67 bits per heavy atom. The zero-order valence-electron chi connectivity index (χ0n) is 5.76. The largest absolute Gasteiger partial charge is 0.266 e. The summed E-state index contributed by atoms with van der Waals surface area (Å²) < 4.78 is 24.7. The summed E-state index contributed by atoms with van der Waals surface area (Å²) in [6, 6.07) is 1.79. The summed E-state index contributed by atoms with van der Waals surface area (Å²) in [6.45, 7) is 0. The third kappa shape index (κ3) is 1.69. The molecular formula is C7H3F2IN2. The Balaban J connectivity index is 3.25. The molecule has 0 N–H and O–H groups in total. The van der Waals surface area contributed by atoms with Crippen LogP contribution in [-0.4, -0.2) is 4.98 Å². The summed E-state index contributed by atoms with van der Waals surface area (Å²) >= 11 is 1.71. The smallest absolute Gasteiger partial charge is 0.263 e. The third-order valence-electron chi connectivity index (χ3n) is 1.26. The van der Waals surface area contributed by atoms with E-state index in [-0.39, 0.29) is 14.7 Å². The molecule has 2 nitrogen and oxygen atoms in total. The van der Waals surface area contributed by atoms with Gasteiger partial charge >= 0.3 is 0 Å². The van der Waals surface area contributed by atoms with Gasteiger partial charge in [0.05, 0.1) is 11.1 Å². The highest BCUT2D eigenvalue weighted by Crippen LogP contribution is 2.25. The first-order valence-electron chi connectivity index (χ1n) is 2.98. The first-order valence-corrected chi connectivity index (χ1v) is 4.06. The molecule has 0 amide bonds. The quantitative estimate of drug-likeness (QED) is 0.741. The molecule has 1 aromatic rings. The fraction of sp³-hybridized carbons (Fsp3) is 0.143. The molecule has 0 radical (unpaired) electrons. The van der Waals surface area contributed by atoms with Crippen LogP contribution < -0.4 is 0 Å². The standard InChI is InChI=1S/C7H3F2IN2/c8-7(9)5-3-12-2-4(1-11)6(5)10/h2-3,7H. The van der Waals surface area contributed by atoms with Crippen LogP contribution in [0.1, 0.15) is 17.6 Å². The van der Waals surface area contributed by atoms with Gasteiger partial charge in [0, 0.05) is 16.0 Å². The topological polar surface area (TPSA) is 36.7 Å². The summed E-state index contributed by atoms with van der Waals surface area (Å²) in [4.78, 5) is 3.53. The minimum absolute atomic E-state index is 0.186. The fourth-order valence-electron chi connectivity index (χ4n) is 0.691. The van der Waals surface area contributed by atoms with Gasteiger partial charge in [0.1, 0.15) is 6.07 Å². The van der Waals surface area contributed by atoms with Crippen LogP contribution in [-0.2, 0) is 0 Å². The Morgan fingerprint density at radius 2 is 2.17 bits per heavy atom. The Morgan fingerprint density at radius 1 is 1.50 bits per heavy atom. The van der Waals surface area contributed by atoms with Crippen molar-refractivity contribution < 1.29 is 8.78 Å². The number of nitriles is 1. The number of pyridine rings is 1. The number of aromatic nitrogens is 1. The van der Waals surface area contributed by atoms with E-state index in [2.05, 4.69) is 4.98 Å². The lowest BCUT2D eigenvalue weighted by Gasteiger charge is -2.02. The van der Waals surface area contributed by atoms with Crippen molar-refractivity contribution in [2.24, 2.45) is 0 Å². The molecule has 0 atom stereocenters. The van der Waals surface area contributed by atoms with Gasteiger partial charge in [-0.25, -0.2) is 8.78 Å². The van der Waals surface area contributed by atoms with E-state index in [1.54, 1.807) is 28.7 Å². The Hall–Kier alpha value is -0.770. The molecule has 0 unspecified atom stereocenters. The lowest BCUT2D eigenvalue weighted by atomic mass is 10.2. The van der Waals surface area contributed by atoms with Crippen molar-refractivity contribution in [2.45, 2.75) is 6.43 Å². The first-order chi connectivity index (χ1) is 5.66. The molecule has 1 aromatic heterocycles. The molecular weight excluding hydrogens is 277 g/mol. The normalized spacial score (nSPS) is 9.92. The summed E-state index contributed by atoms with van der Waals surface area (Å²) in [5.74, 6) is 0. The third-order valence-corrected chi connectivity index (χ3v) is 2.47. The Bertz CT molecular complexity index is 333. The summed E-state index contributed by atoms with van der Waals surface area (Å²) in [7, 11) is 0. The van der Waals surface area contributed by atoms with Crippen LogP contribution in [0.25, 0.3) is 0 Å². The second-order valence-electron chi connectivity index (χ2n) is 2.00. The average Bonchev–Trinajstić information content (AvgIpc) is 2.04. The van der Waals surface area contributed by atoms with Gasteiger partial charge in [-0.15, -0.1) is 0 Å². The van der Waals surface area contributed by atoms with Crippen LogP contribution in [0.3, 0.4) is 0 Å². The lowest BCUT2D eigenvalue weighted by Crippen LogP contribution is -1.94. The molecule has 1 rings (SSSR count). The number of halogens is 3. The van der Waals surface area contributed by atoms with Gasteiger partial charge in [-0.1, -0.05) is 0 Å². The monoisotopic (exact) mass is 280 g/mol. The van der Waals surface area contributed by atoms with Crippen molar-refractivity contribution in [3.05, 3.63) is 27.1 Å². The van der Waals surface area contributed by atoms with Crippen molar-refractivity contribution >= 4 is 22.6 Å². The number of alkyl halides is 2. The van der Waals surface area contributed by atoms with Gasteiger partial charge in [0.25, 0.3) is 6.43 Å². The van der Waals surface area contributed by atoms with Gasteiger partial charge in [-0.3, -0.25) is 4.98 Å². The molecule has 0 aliphatic rings. The molecule has 12 heavy (non-hydrogen) atoms. The van der Waals surface area contributed by atoms with Gasteiger partial charge in [-0.2, -0.15) is 5.26 Å². The highest BCUT2D eigenvalue weighted by Gasteiger charge is 2.14. The second kappa shape index (κ2) is 3.76. The molecule has 0 aromatic carbocycles. The molecule has 0 spiro atoms. The predicted molar refractivity (Wildman–Crippen MR) is 46.6 cm³/mol. The molecule has 0 aliphatic carbocycles. The summed E-state index contributed by atoms with van der Waals surface area (Å²) in [6.07, 6.45) is -0.223. The van der Waals surface area contributed by atoms with Gasteiger partial charge < -0.3 is 0 Å². The minimum atomic E-state index is -2.57. The Kier molecular flexibility index (Phi) is 2.92. The van der Waals surface area contributed by atoms with Crippen molar-refractivity contribution in [3.8, 4) is 6.07 Å². The van der Waals surface area contributed by atoms with E-state index in [1.165, 1.54) is 6.20 Å². The average molecular weight is 280 g/mol. The molecule has 0 saturated heterocycles. The van der Waals surface area contributed by atoms with Crippen molar-refractivity contribution in [1.82, 2.24) is 4.98 Å². The van der Waals surface area contributed by atoms with E-state index in [4.69, 9.17) is 5.26 Å². The zero-order valence-corrected chi connectivity index (χ0v) is 7.92. The lowest BCUT2D eigenvalue weighted by molar-refractivity contribution is 0.150. The SMILES string of the molecule is N#Cc1cncc(C(F)F)c1I. The molecule has 0 saturated carbocycles. The number of nitrogens with zero attached hydrogens (tertiary/aromatic N) is 2. The van der Waals surface area contributed by atoms with Gasteiger partial charge in [0.15, 0.2) is 0 Å². The molecule has 5 heteroatoms. The van der Waals surface area contributed by atoms with Crippen LogP contribution >= 0.6 is 22.6 Å². The first kappa shape index (κ1) is 9.32. The Labute approximate surface area is 81.4 Å². The number of hydrogen-bond acceptors (Lipinski definition) is 2. The minimum Gasteiger partial charge on any atom is -0.263 e. The van der Waals surface area contributed by atoms with E-state index in [0.29, 0.717) is 0 Å². The molecule has 0 bridgehead atoms. The highest BCUT2D eigenvalue weighted by atomic mass is 127. The van der Waals surface area contributed by atoms with Crippen LogP contribution in [0.5, 0.6) is 0 Å². The van der Waals surface area contributed by atoms with Gasteiger partial charge in [0.2, 0.25) is 0 Å². The molecule has 62 valence electrons.